The highest BCUT2D eigenvalue weighted by atomic mass is 127. The van der Waals surface area contributed by atoms with Crippen LogP contribution in [0.15, 0.2) is 53.7 Å². The van der Waals surface area contributed by atoms with Crippen molar-refractivity contribution in [3.8, 4) is 0 Å². The van der Waals surface area contributed by atoms with E-state index in [2.05, 4.69) is 67.3 Å². The molecule has 0 spiro atoms. The molecule has 3 aromatic rings. The smallest absolute Gasteiger partial charge is 0.193 e. The van der Waals surface area contributed by atoms with E-state index in [0.29, 0.717) is 0 Å². The van der Waals surface area contributed by atoms with Gasteiger partial charge >= 0.3 is 0 Å². The number of aliphatic imine (C=N–C) groups is 1. The number of aromatic amines is 1. The highest BCUT2D eigenvalue weighted by Gasteiger charge is 2.20. The van der Waals surface area contributed by atoms with Crippen molar-refractivity contribution in [3.05, 3.63) is 59.9 Å². The first-order valence-corrected chi connectivity index (χ1v) is 9.94. The molecule has 1 aliphatic heterocycles. The number of nitrogens with one attached hydrogen (secondary N) is 2. The molecule has 4 rings (SSSR count). The minimum Gasteiger partial charge on any atom is -0.358 e. The fourth-order valence-electron chi connectivity index (χ4n) is 3.98. The second-order valence-electron chi connectivity index (χ2n) is 7.16. The molecule has 29 heavy (non-hydrogen) atoms. The van der Waals surface area contributed by atoms with E-state index in [0.717, 1.165) is 50.9 Å². The molecular weight excluding hydrogens is 475 g/mol. The van der Waals surface area contributed by atoms with Gasteiger partial charge in [-0.3, -0.25) is 4.99 Å². The Kier molecular flexibility index (Phi) is 7.35. The maximum Gasteiger partial charge on any atom is 0.193 e. The van der Waals surface area contributed by atoms with Crippen molar-refractivity contribution < 1.29 is 0 Å². The maximum atomic E-state index is 4.50. The van der Waals surface area contributed by atoms with Crippen molar-refractivity contribution >= 4 is 46.7 Å². The summed E-state index contributed by atoms with van der Waals surface area (Å²) in [6.07, 6.45) is 2.83. The highest BCUT2D eigenvalue weighted by molar-refractivity contribution is 14.0. The number of H-pyrrole nitrogens is 1. The zero-order chi connectivity index (χ0) is 19.3. The van der Waals surface area contributed by atoms with Gasteiger partial charge in [0, 0.05) is 62.6 Å². The van der Waals surface area contributed by atoms with E-state index < -0.39 is 0 Å². The summed E-state index contributed by atoms with van der Waals surface area (Å²) in [4.78, 5) is 17.1. The van der Waals surface area contributed by atoms with Gasteiger partial charge in [-0.05, 0) is 37.1 Å². The van der Waals surface area contributed by atoms with E-state index in [9.17, 15) is 0 Å². The summed E-state index contributed by atoms with van der Waals surface area (Å²) in [5.41, 5.74) is 3.85. The summed E-state index contributed by atoms with van der Waals surface area (Å²) < 4.78 is 0. The lowest BCUT2D eigenvalue weighted by molar-refractivity contribution is 0.372. The predicted octanol–water partition coefficient (Wildman–Crippen LogP) is 3.43. The van der Waals surface area contributed by atoms with Crippen LogP contribution >= 0.6 is 24.0 Å². The number of aryl methyl sites for hydroxylation is 1. The van der Waals surface area contributed by atoms with E-state index in [-0.39, 0.29) is 24.0 Å². The summed E-state index contributed by atoms with van der Waals surface area (Å²) in [6.45, 7) is 6.83. The largest absolute Gasteiger partial charge is 0.358 e. The SMILES string of the molecule is CN=C(NCCc1c(C)[nH]c2ccccc12)N1CCN(c2ccccn2)CC1.I. The third-order valence-corrected chi connectivity index (χ3v) is 5.45. The van der Waals surface area contributed by atoms with Gasteiger partial charge in [0.05, 0.1) is 0 Å². The molecule has 1 aliphatic rings. The number of nitrogens with zero attached hydrogens (tertiary/aromatic N) is 4. The molecular formula is C22H29IN6. The molecule has 0 saturated carbocycles. The number of para-hydroxylation sites is 1. The van der Waals surface area contributed by atoms with Crippen molar-refractivity contribution in [2.75, 3.05) is 44.7 Å². The number of aromatic nitrogens is 2. The van der Waals surface area contributed by atoms with Crippen LogP contribution in [0.5, 0.6) is 0 Å². The summed E-state index contributed by atoms with van der Waals surface area (Å²) in [6, 6.07) is 14.6. The second kappa shape index (κ2) is 9.96. The van der Waals surface area contributed by atoms with Crippen LogP contribution in [-0.4, -0.2) is 60.6 Å². The molecule has 1 saturated heterocycles. The highest BCUT2D eigenvalue weighted by Crippen LogP contribution is 2.22. The minimum atomic E-state index is 0. The monoisotopic (exact) mass is 504 g/mol. The zero-order valence-corrected chi connectivity index (χ0v) is 19.4. The number of guanidine groups is 1. The summed E-state index contributed by atoms with van der Waals surface area (Å²) in [7, 11) is 1.87. The molecule has 154 valence electrons. The van der Waals surface area contributed by atoms with Crippen LogP contribution < -0.4 is 10.2 Å². The molecule has 7 heteroatoms. The lowest BCUT2D eigenvalue weighted by Crippen LogP contribution is -2.53. The minimum absolute atomic E-state index is 0. The van der Waals surface area contributed by atoms with Crippen LogP contribution in [0, 0.1) is 6.92 Å². The number of anilines is 1. The van der Waals surface area contributed by atoms with Crippen molar-refractivity contribution in [2.24, 2.45) is 4.99 Å². The Labute approximate surface area is 189 Å². The van der Waals surface area contributed by atoms with Gasteiger partial charge in [-0.25, -0.2) is 4.98 Å². The average Bonchev–Trinajstić information content (AvgIpc) is 3.07. The van der Waals surface area contributed by atoms with Crippen molar-refractivity contribution in [1.29, 1.82) is 0 Å². The third kappa shape index (κ3) is 4.83. The Morgan fingerprint density at radius 3 is 2.59 bits per heavy atom. The lowest BCUT2D eigenvalue weighted by Gasteiger charge is -2.37. The lowest BCUT2D eigenvalue weighted by atomic mass is 10.1. The molecule has 6 nitrogen and oxygen atoms in total. The number of hydrogen-bond acceptors (Lipinski definition) is 3. The van der Waals surface area contributed by atoms with Gasteiger partial charge in [0.1, 0.15) is 5.82 Å². The van der Waals surface area contributed by atoms with Crippen LogP contribution in [0.4, 0.5) is 5.82 Å². The van der Waals surface area contributed by atoms with Gasteiger partial charge in [0.15, 0.2) is 5.96 Å². The quantitative estimate of drug-likeness (QED) is 0.325. The molecule has 0 aliphatic carbocycles. The third-order valence-electron chi connectivity index (χ3n) is 5.45. The predicted molar refractivity (Wildman–Crippen MR) is 132 cm³/mol. The Morgan fingerprint density at radius 2 is 1.86 bits per heavy atom. The molecule has 3 heterocycles. The van der Waals surface area contributed by atoms with Gasteiger partial charge in [-0.2, -0.15) is 0 Å². The molecule has 1 aromatic carbocycles. The summed E-state index contributed by atoms with van der Waals surface area (Å²) in [5, 5.41) is 4.87. The molecule has 0 bridgehead atoms. The number of halogens is 1. The van der Waals surface area contributed by atoms with E-state index in [1.807, 2.05) is 25.4 Å². The first kappa shape index (κ1) is 21.4. The number of fused-ring (bicyclic) bond motifs is 1. The van der Waals surface area contributed by atoms with Crippen LogP contribution in [0.1, 0.15) is 11.3 Å². The molecule has 2 aromatic heterocycles. The normalized spacial score (nSPS) is 14.8. The molecule has 0 radical (unpaired) electrons. The Morgan fingerprint density at radius 1 is 1.10 bits per heavy atom. The second-order valence-corrected chi connectivity index (χ2v) is 7.16. The van der Waals surface area contributed by atoms with Crippen molar-refractivity contribution in [3.63, 3.8) is 0 Å². The Balaban J connectivity index is 0.00000240. The van der Waals surface area contributed by atoms with E-state index >= 15 is 0 Å². The number of benzene rings is 1. The van der Waals surface area contributed by atoms with Crippen molar-refractivity contribution in [2.45, 2.75) is 13.3 Å². The Bertz CT molecular complexity index is 944. The van der Waals surface area contributed by atoms with Crippen LogP contribution in [0.25, 0.3) is 10.9 Å². The zero-order valence-electron chi connectivity index (χ0n) is 17.1. The van der Waals surface area contributed by atoms with Gasteiger partial charge in [-0.15, -0.1) is 24.0 Å². The summed E-state index contributed by atoms with van der Waals surface area (Å²) >= 11 is 0. The standard InChI is InChI=1S/C22H28N6.HI/c1-17-18(19-7-3-4-8-20(19)26-17)10-12-25-22(23-2)28-15-13-27(14-16-28)21-9-5-6-11-24-21;/h3-9,11,26H,10,12-16H2,1-2H3,(H,23,25);1H. The van der Waals surface area contributed by atoms with Gasteiger partial charge in [0.2, 0.25) is 0 Å². The van der Waals surface area contributed by atoms with E-state index in [1.54, 1.807) is 0 Å². The topological polar surface area (TPSA) is 59.6 Å². The first-order valence-electron chi connectivity index (χ1n) is 9.94. The van der Waals surface area contributed by atoms with Crippen LogP contribution in [-0.2, 0) is 6.42 Å². The van der Waals surface area contributed by atoms with Gasteiger partial charge in [0.25, 0.3) is 0 Å². The van der Waals surface area contributed by atoms with Gasteiger partial charge in [-0.1, -0.05) is 24.3 Å². The number of hydrogen-bond donors (Lipinski definition) is 2. The molecule has 2 N–H and O–H groups in total. The molecule has 1 fully saturated rings. The number of piperazine rings is 1. The fraction of sp³-hybridized carbons (Fsp3) is 0.364. The molecule has 0 atom stereocenters. The van der Waals surface area contributed by atoms with Crippen molar-refractivity contribution in [1.82, 2.24) is 20.2 Å². The van der Waals surface area contributed by atoms with Gasteiger partial charge < -0.3 is 20.1 Å². The molecule has 0 unspecified atom stereocenters. The van der Waals surface area contributed by atoms with Crippen LogP contribution in [0.3, 0.4) is 0 Å². The Hall–Kier alpha value is -2.29. The average molecular weight is 504 g/mol. The first-order chi connectivity index (χ1) is 13.8. The van der Waals surface area contributed by atoms with Crippen LogP contribution in [0.2, 0.25) is 0 Å². The maximum absolute atomic E-state index is 4.50. The van der Waals surface area contributed by atoms with E-state index in [4.69, 9.17) is 0 Å². The molecule has 0 amide bonds. The fourth-order valence-corrected chi connectivity index (χ4v) is 3.98. The summed E-state index contributed by atoms with van der Waals surface area (Å²) in [5.74, 6) is 2.04. The van der Waals surface area contributed by atoms with E-state index in [1.165, 1.54) is 22.2 Å². The number of rotatable bonds is 4. The number of pyridine rings is 1.